The highest BCUT2D eigenvalue weighted by molar-refractivity contribution is 5.93. The number of amides is 1. The van der Waals surface area contributed by atoms with E-state index in [-0.39, 0.29) is 11.8 Å². The van der Waals surface area contributed by atoms with Gasteiger partial charge >= 0.3 is 0 Å². The third kappa shape index (κ3) is 8.50. The van der Waals surface area contributed by atoms with Crippen molar-refractivity contribution in [3.8, 4) is 0 Å². The second-order valence-corrected chi connectivity index (χ2v) is 8.42. The number of rotatable bonds is 11. The number of benzene rings is 1. The molecule has 7 nitrogen and oxygen atoms in total. The second-order valence-electron chi connectivity index (χ2n) is 8.42. The predicted molar refractivity (Wildman–Crippen MR) is 124 cm³/mol. The number of aliphatic imine (C=N–C) groups is 1. The number of nitrogens with zero attached hydrogens (tertiary/aromatic N) is 1. The lowest BCUT2D eigenvalue weighted by molar-refractivity contribution is -0.122. The third-order valence-corrected chi connectivity index (χ3v) is 5.89. The minimum atomic E-state index is 0.140. The summed E-state index contributed by atoms with van der Waals surface area (Å²) >= 11 is 0. The van der Waals surface area contributed by atoms with Gasteiger partial charge < -0.3 is 25.4 Å². The zero-order valence-corrected chi connectivity index (χ0v) is 18.8. The SMILES string of the molecule is CCNC(=NCc1cccc(NC(=O)C2CCC2)c1)NCCCOCC1CCOCC1. The van der Waals surface area contributed by atoms with Gasteiger partial charge in [0.05, 0.1) is 6.54 Å². The summed E-state index contributed by atoms with van der Waals surface area (Å²) in [5.74, 6) is 1.78. The molecule has 1 saturated heterocycles. The fourth-order valence-corrected chi connectivity index (χ4v) is 3.72. The van der Waals surface area contributed by atoms with Crippen molar-refractivity contribution in [2.24, 2.45) is 16.8 Å². The normalized spacial score (nSPS) is 17.8. The highest BCUT2D eigenvalue weighted by Crippen LogP contribution is 2.27. The lowest BCUT2D eigenvalue weighted by Crippen LogP contribution is -2.38. The average molecular weight is 431 g/mol. The summed E-state index contributed by atoms with van der Waals surface area (Å²) in [6, 6.07) is 7.95. The maximum Gasteiger partial charge on any atom is 0.227 e. The molecule has 1 amide bonds. The van der Waals surface area contributed by atoms with Gasteiger partial charge in [-0.2, -0.15) is 0 Å². The van der Waals surface area contributed by atoms with Gasteiger partial charge in [0.2, 0.25) is 5.91 Å². The molecular formula is C24H38N4O3. The van der Waals surface area contributed by atoms with E-state index in [0.29, 0.717) is 12.5 Å². The fourth-order valence-electron chi connectivity index (χ4n) is 3.72. The van der Waals surface area contributed by atoms with Crippen LogP contribution in [0.4, 0.5) is 5.69 Å². The molecule has 1 aromatic carbocycles. The van der Waals surface area contributed by atoms with Gasteiger partial charge in [-0.15, -0.1) is 0 Å². The Balaban J connectivity index is 1.37. The van der Waals surface area contributed by atoms with E-state index in [1.807, 2.05) is 24.3 Å². The quantitative estimate of drug-likeness (QED) is 0.285. The number of carbonyl (C=O) groups excluding carboxylic acids is 1. The van der Waals surface area contributed by atoms with Crippen LogP contribution < -0.4 is 16.0 Å². The Morgan fingerprint density at radius 1 is 1.19 bits per heavy atom. The minimum absolute atomic E-state index is 0.140. The van der Waals surface area contributed by atoms with Gasteiger partial charge in [-0.25, -0.2) is 4.99 Å². The van der Waals surface area contributed by atoms with Crippen LogP contribution in [0.1, 0.15) is 51.0 Å². The summed E-state index contributed by atoms with van der Waals surface area (Å²) < 4.78 is 11.2. The minimum Gasteiger partial charge on any atom is -0.381 e. The summed E-state index contributed by atoms with van der Waals surface area (Å²) in [4.78, 5) is 16.9. The van der Waals surface area contributed by atoms with E-state index in [9.17, 15) is 4.79 Å². The maximum absolute atomic E-state index is 12.2. The first-order valence-corrected chi connectivity index (χ1v) is 11.8. The van der Waals surface area contributed by atoms with Crippen molar-refractivity contribution in [2.75, 3.05) is 44.8 Å². The number of carbonyl (C=O) groups is 1. The Hall–Kier alpha value is -2.12. The first kappa shape index (κ1) is 23.5. The lowest BCUT2D eigenvalue weighted by atomic mass is 9.85. The molecule has 1 heterocycles. The maximum atomic E-state index is 12.2. The van der Waals surface area contributed by atoms with Crippen molar-refractivity contribution < 1.29 is 14.3 Å². The summed E-state index contributed by atoms with van der Waals surface area (Å²) in [5, 5.41) is 9.70. The largest absolute Gasteiger partial charge is 0.381 e. The van der Waals surface area contributed by atoms with E-state index >= 15 is 0 Å². The van der Waals surface area contributed by atoms with Crippen LogP contribution in [0.5, 0.6) is 0 Å². The lowest BCUT2D eigenvalue weighted by Gasteiger charge is -2.24. The molecule has 0 atom stereocenters. The summed E-state index contributed by atoms with van der Waals surface area (Å²) in [5.41, 5.74) is 1.92. The summed E-state index contributed by atoms with van der Waals surface area (Å²) in [6.07, 6.45) is 6.34. The topological polar surface area (TPSA) is 84.0 Å². The monoisotopic (exact) mass is 430 g/mol. The molecule has 1 saturated carbocycles. The Bertz CT molecular complexity index is 700. The molecule has 0 bridgehead atoms. The molecule has 0 spiro atoms. The Morgan fingerprint density at radius 3 is 2.77 bits per heavy atom. The number of anilines is 1. The second kappa shape index (κ2) is 13.3. The Morgan fingerprint density at radius 2 is 2.03 bits per heavy atom. The van der Waals surface area contributed by atoms with E-state index in [0.717, 1.165) is 95.3 Å². The number of ether oxygens (including phenoxy) is 2. The van der Waals surface area contributed by atoms with Crippen molar-refractivity contribution >= 4 is 17.6 Å². The van der Waals surface area contributed by atoms with Crippen molar-refractivity contribution in [1.29, 1.82) is 0 Å². The van der Waals surface area contributed by atoms with Crippen LogP contribution in [0.3, 0.4) is 0 Å². The van der Waals surface area contributed by atoms with E-state index < -0.39 is 0 Å². The van der Waals surface area contributed by atoms with E-state index in [1.165, 1.54) is 0 Å². The molecule has 3 rings (SSSR count). The zero-order valence-electron chi connectivity index (χ0n) is 18.8. The molecule has 2 aliphatic rings. The molecule has 7 heteroatoms. The molecule has 2 fully saturated rings. The van der Waals surface area contributed by atoms with Crippen LogP contribution in [0, 0.1) is 11.8 Å². The van der Waals surface area contributed by atoms with Crippen LogP contribution in [-0.4, -0.2) is 51.4 Å². The Labute approximate surface area is 186 Å². The van der Waals surface area contributed by atoms with Crippen LogP contribution >= 0.6 is 0 Å². The molecule has 0 unspecified atom stereocenters. The molecule has 0 radical (unpaired) electrons. The van der Waals surface area contributed by atoms with Gasteiger partial charge in [0.1, 0.15) is 0 Å². The molecule has 0 aromatic heterocycles. The smallest absolute Gasteiger partial charge is 0.227 e. The third-order valence-electron chi connectivity index (χ3n) is 5.89. The van der Waals surface area contributed by atoms with Gasteiger partial charge in [-0.3, -0.25) is 4.79 Å². The highest BCUT2D eigenvalue weighted by atomic mass is 16.5. The standard InChI is InChI=1S/C24H38N4O3/c1-2-25-24(26-12-5-13-31-18-19-10-14-30-15-11-19)27-17-20-6-3-9-22(16-20)28-23(29)21-7-4-8-21/h3,6,9,16,19,21H,2,4-5,7-8,10-15,17-18H2,1H3,(H,28,29)(H2,25,26,27). The van der Waals surface area contributed by atoms with E-state index in [1.54, 1.807) is 0 Å². The van der Waals surface area contributed by atoms with E-state index in [4.69, 9.17) is 9.47 Å². The highest BCUT2D eigenvalue weighted by Gasteiger charge is 2.25. The molecule has 31 heavy (non-hydrogen) atoms. The van der Waals surface area contributed by atoms with Gasteiger partial charge in [-0.1, -0.05) is 18.6 Å². The van der Waals surface area contributed by atoms with Crippen molar-refractivity contribution in [2.45, 2.75) is 52.0 Å². The molecule has 1 aromatic rings. The zero-order chi connectivity index (χ0) is 21.7. The van der Waals surface area contributed by atoms with Gasteiger partial charge in [0.25, 0.3) is 0 Å². The fraction of sp³-hybridized carbons (Fsp3) is 0.667. The van der Waals surface area contributed by atoms with Crippen LogP contribution in [0.15, 0.2) is 29.3 Å². The van der Waals surface area contributed by atoms with Gasteiger partial charge in [-0.05, 0) is 62.6 Å². The van der Waals surface area contributed by atoms with Crippen LogP contribution in [-0.2, 0) is 20.8 Å². The van der Waals surface area contributed by atoms with Gasteiger partial charge in [0, 0.05) is 51.1 Å². The van der Waals surface area contributed by atoms with Crippen molar-refractivity contribution in [3.05, 3.63) is 29.8 Å². The Kier molecular flexibility index (Phi) is 10.1. The van der Waals surface area contributed by atoms with Crippen molar-refractivity contribution in [1.82, 2.24) is 10.6 Å². The summed E-state index contributed by atoms with van der Waals surface area (Å²) in [7, 11) is 0. The number of hydrogen-bond donors (Lipinski definition) is 3. The molecule has 1 aliphatic carbocycles. The summed E-state index contributed by atoms with van der Waals surface area (Å²) in [6.45, 7) is 7.58. The number of hydrogen-bond acceptors (Lipinski definition) is 4. The first-order valence-electron chi connectivity index (χ1n) is 11.8. The molecule has 172 valence electrons. The molecular weight excluding hydrogens is 392 g/mol. The average Bonchev–Trinajstić information content (AvgIpc) is 2.74. The number of nitrogens with one attached hydrogen (secondary N) is 3. The molecule has 1 aliphatic heterocycles. The van der Waals surface area contributed by atoms with E-state index in [2.05, 4.69) is 27.9 Å². The van der Waals surface area contributed by atoms with Crippen LogP contribution in [0.25, 0.3) is 0 Å². The van der Waals surface area contributed by atoms with Gasteiger partial charge in [0.15, 0.2) is 5.96 Å². The predicted octanol–water partition coefficient (Wildman–Crippen LogP) is 3.31. The van der Waals surface area contributed by atoms with Crippen molar-refractivity contribution in [3.63, 3.8) is 0 Å². The molecule has 3 N–H and O–H groups in total. The van der Waals surface area contributed by atoms with Crippen LogP contribution in [0.2, 0.25) is 0 Å². The first-order chi connectivity index (χ1) is 15.2. The number of guanidine groups is 1.